The van der Waals surface area contributed by atoms with Crippen LogP contribution in [0, 0.1) is 0 Å². The summed E-state index contributed by atoms with van der Waals surface area (Å²) in [7, 11) is 1.58. The van der Waals surface area contributed by atoms with E-state index in [1.807, 2.05) is 20.8 Å². The number of carboxylic acid groups (broad SMARTS) is 1. The van der Waals surface area contributed by atoms with E-state index in [0.29, 0.717) is 5.69 Å². The van der Waals surface area contributed by atoms with Crippen molar-refractivity contribution in [1.82, 2.24) is 15.0 Å². The highest BCUT2D eigenvalue weighted by Gasteiger charge is 2.27. The third kappa shape index (κ3) is 1.68. The molecule has 1 aromatic heterocycles. The molecule has 0 fully saturated rings. The Morgan fingerprint density at radius 3 is 2.31 bits per heavy atom. The fourth-order valence-electron chi connectivity index (χ4n) is 1.10. The van der Waals surface area contributed by atoms with Gasteiger partial charge in [0.05, 0.1) is 0 Å². The Morgan fingerprint density at radius 1 is 1.46 bits per heavy atom. The monoisotopic (exact) mass is 183 g/mol. The number of nitrogens with zero attached hydrogens (tertiary/aromatic N) is 3. The molecule has 0 saturated heterocycles. The molecule has 0 amide bonds. The largest absolute Gasteiger partial charge is 0.476 e. The van der Waals surface area contributed by atoms with Crippen LogP contribution in [0.2, 0.25) is 0 Å². The molecule has 1 N–H and O–H groups in total. The minimum atomic E-state index is -0.988. The van der Waals surface area contributed by atoms with Gasteiger partial charge in [-0.25, -0.2) is 9.48 Å². The molecule has 0 aliphatic rings. The summed E-state index contributed by atoms with van der Waals surface area (Å²) < 4.78 is 1.28. The van der Waals surface area contributed by atoms with Gasteiger partial charge in [0.15, 0.2) is 5.69 Å². The van der Waals surface area contributed by atoms with Gasteiger partial charge >= 0.3 is 5.97 Å². The molecule has 1 rings (SSSR count). The van der Waals surface area contributed by atoms with E-state index in [9.17, 15) is 4.79 Å². The Hall–Kier alpha value is -1.39. The first-order valence-corrected chi connectivity index (χ1v) is 3.97. The van der Waals surface area contributed by atoms with Crippen molar-refractivity contribution in [2.75, 3.05) is 0 Å². The van der Waals surface area contributed by atoms with Crippen molar-refractivity contribution < 1.29 is 9.90 Å². The quantitative estimate of drug-likeness (QED) is 0.699. The maximum atomic E-state index is 10.8. The van der Waals surface area contributed by atoms with E-state index in [-0.39, 0.29) is 11.1 Å². The van der Waals surface area contributed by atoms with E-state index in [4.69, 9.17) is 5.11 Å². The van der Waals surface area contributed by atoms with Crippen molar-refractivity contribution in [2.45, 2.75) is 26.2 Å². The lowest BCUT2D eigenvalue weighted by molar-refractivity contribution is 0.0682. The first-order valence-electron chi connectivity index (χ1n) is 3.97. The summed E-state index contributed by atoms with van der Waals surface area (Å²) in [6, 6.07) is 0. The molecule has 0 atom stereocenters. The summed E-state index contributed by atoms with van der Waals surface area (Å²) in [5, 5.41) is 16.4. The van der Waals surface area contributed by atoms with Crippen LogP contribution in [0.5, 0.6) is 0 Å². The van der Waals surface area contributed by atoms with Crippen molar-refractivity contribution >= 4 is 5.97 Å². The summed E-state index contributed by atoms with van der Waals surface area (Å²) in [4.78, 5) is 10.8. The Balaban J connectivity index is 3.31. The molecule has 0 unspecified atom stereocenters. The minimum absolute atomic E-state index is 0.160. The summed E-state index contributed by atoms with van der Waals surface area (Å²) in [5.74, 6) is -0.988. The van der Waals surface area contributed by atoms with Gasteiger partial charge in [-0.05, 0) is 0 Å². The zero-order chi connectivity index (χ0) is 10.2. The molecule has 1 heterocycles. The second kappa shape index (κ2) is 2.83. The normalized spacial score (nSPS) is 11.7. The highest BCUT2D eigenvalue weighted by molar-refractivity contribution is 5.87. The van der Waals surface area contributed by atoms with Crippen molar-refractivity contribution in [3.8, 4) is 0 Å². The van der Waals surface area contributed by atoms with Crippen molar-refractivity contribution in [1.29, 1.82) is 0 Å². The number of hydrogen-bond acceptors (Lipinski definition) is 3. The van der Waals surface area contributed by atoms with Gasteiger partial charge in [-0.3, -0.25) is 0 Å². The van der Waals surface area contributed by atoms with Gasteiger partial charge in [0, 0.05) is 12.5 Å². The van der Waals surface area contributed by atoms with E-state index >= 15 is 0 Å². The molecule has 0 bridgehead atoms. The van der Waals surface area contributed by atoms with Crippen LogP contribution < -0.4 is 0 Å². The lowest BCUT2D eigenvalue weighted by Gasteiger charge is -2.15. The number of hydrogen-bond donors (Lipinski definition) is 1. The van der Waals surface area contributed by atoms with Crippen LogP contribution in [0.15, 0.2) is 0 Å². The van der Waals surface area contributed by atoms with Crippen LogP contribution in [0.4, 0.5) is 0 Å². The van der Waals surface area contributed by atoms with Gasteiger partial charge in [-0.15, -0.1) is 5.10 Å². The third-order valence-electron chi connectivity index (χ3n) is 1.74. The van der Waals surface area contributed by atoms with Crippen molar-refractivity contribution in [2.24, 2.45) is 7.05 Å². The first-order chi connectivity index (χ1) is 5.84. The Bertz CT molecular complexity index is 336. The smallest absolute Gasteiger partial charge is 0.356 e. The molecule has 0 radical (unpaired) electrons. The second-order valence-electron chi connectivity index (χ2n) is 3.97. The molecular weight excluding hydrogens is 170 g/mol. The lowest BCUT2D eigenvalue weighted by Crippen LogP contribution is -2.18. The zero-order valence-electron chi connectivity index (χ0n) is 8.20. The van der Waals surface area contributed by atoms with Crippen molar-refractivity contribution in [3.63, 3.8) is 0 Å². The summed E-state index contributed by atoms with van der Waals surface area (Å²) in [6.07, 6.45) is 0. The molecule has 1 aromatic rings. The summed E-state index contributed by atoms with van der Waals surface area (Å²) >= 11 is 0. The fraction of sp³-hybridized carbons (Fsp3) is 0.625. The molecular formula is C8H13N3O2. The van der Waals surface area contributed by atoms with Crippen LogP contribution in [0.3, 0.4) is 0 Å². The van der Waals surface area contributed by atoms with Crippen LogP contribution in [-0.2, 0) is 12.5 Å². The van der Waals surface area contributed by atoms with E-state index in [1.165, 1.54) is 4.68 Å². The highest BCUT2D eigenvalue weighted by atomic mass is 16.4. The molecule has 13 heavy (non-hydrogen) atoms. The SMILES string of the molecule is Cn1nnc(C(C)(C)C)c1C(=O)O. The first kappa shape index (κ1) is 9.70. The van der Waals surface area contributed by atoms with E-state index in [2.05, 4.69) is 10.3 Å². The van der Waals surface area contributed by atoms with Crippen LogP contribution in [-0.4, -0.2) is 26.1 Å². The molecule has 5 nitrogen and oxygen atoms in total. The predicted molar refractivity (Wildman–Crippen MR) is 46.7 cm³/mol. The van der Waals surface area contributed by atoms with Gasteiger partial charge in [0.2, 0.25) is 0 Å². The highest BCUT2D eigenvalue weighted by Crippen LogP contribution is 2.22. The lowest BCUT2D eigenvalue weighted by atomic mass is 9.91. The second-order valence-corrected chi connectivity index (χ2v) is 3.97. The fourth-order valence-corrected chi connectivity index (χ4v) is 1.10. The molecule has 0 aliphatic heterocycles. The molecule has 72 valence electrons. The summed E-state index contributed by atoms with van der Waals surface area (Å²) in [5.41, 5.74) is 0.386. The summed E-state index contributed by atoms with van der Waals surface area (Å²) in [6.45, 7) is 5.72. The number of aryl methyl sites for hydroxylation is 1. The molecule has 0 spiro atoms. The van der Waals surface area contributed by atoms with Crippen LogP contribution >= 0.6 is 0 Å². The van der Waals surface area contributed by atoms with E-state index < -0.39 is 5.97 Å². The Kier molecular flexibility index (Phi) is 2.11. The van der Waals surface area contributed by atoms with Gasteiger partial charge < -0.3 is 5.11 Å². The van der Waals surface area contributed by atoms with E-state index in [1.54, 1.807) is 7.05 Å². The van der Waals surface area contributed by atoms with E-state index in [0.717, 1.165) is 0 Å². The number of aromatic nitrogens is 3. The van der Waals surface area contributed by atoms with Gasteiger partial charge in [0.1, 0.15) is 5.69 Å². The van der Waals surface area contributed by atoms with Crippen LogP contribution in [0.25, 0.3) is 0 Å². The third-order valence-corrected chi connectivity index (χ3v) is 1.74. The standard InChI is InChI=1S/C8H13N3O2/c1-8(2,3)6-5(7(12)13)11(4)10-9-6/h1-4H3,(H,12,13). The molecule has 0 aliphatic carbocycles. The molecule has 5 heteroatoms. The Morgan fingerprint density at radius 2 is 2.00 bits per heavy atom. The van der Waals surface area contributed by atoms with Gasteiger partial charge in [0.25, 0.3) is 0 Å². The average molecular weight is 183 g/mol. The maximum Gasteiger partial charge on any atom is 0.356 e. The number of rotatable bonds is 1. The minimum Gasteiger partial charge on any atom is -0.476 e. The van der Waals surface area contributed by atoms with Crippen LogP contribution in [0.1, 0.15) is 37.0 Å². The zero-order valence-corrected chi connectivity index (χ0v) is 8.20. The number of carbonyl (C=O) groups is 1. The average Bonchev–Trinajstić information content (AvgIpc) is 2.28. The topological polar surface area (TPSA) is 68.0 Å². The molecule has 0 saturated carbocycles. The molecule has 0 aromatic carbocycles. The predicted octanol–water partition coefficient (Wildman–Crippen LogP) is 0.811. The van der Waals surface area contributed by atoms with Gasteiger partial charge in [-0.2, -0.15) is 0 Å². The Labute approximate surface area is 76.4 Å². The van der Waals surface area contributed by atoms with Crippen molar-refractivity contribution in [3.05, 3.63) is 11.4 Å². The van der Waals surface area contributed by atoms with Gasteiger partial charge in [-0.1, -0.05) is 26.0 Å². The maximum absolute atomic E-state index is 10.8. The number of carboxylic acids is 1. The number of aromatic carboxylic acids is 1.